The molecule has 0 radical (unpaired) electrons. The van der Waals surface area contributed by atoms with Crippen LogP contribution in [0, 0.1) is 0 Å². The fourth-order valence-corrected chi connectivity index (χ4v) is 0.835. The number of rotatable bonds is 0. The zero-order chi connectivity index (χ0) is 6.85. The molecule has 0 amide bonds. The second-order valence-corrected chi connectivity index (χ2v) is 2.44. The summed E-state index contributed by atoms with van der Waals surface area (Å²) in [4.78, 5) is 0. The standard InChI is InChI=1S/C8H12N.ClH/c1-7-5-4-6-9(3)8(7)2;/h4-6,8H,3H2,1-2H3;1H/q+1;/p-1. The normalized spacial score (nSPS) is 23.6. The summed E-state index contributed by atoms with van der Waals surface area (Å²) < 4.78 is 1.95. The summed E-state index contributed by atoms with van der Waals surface area (Å²) in [5.41, 5.74) is 1.37. The molecular formula is C8H12ClN. The predicted molar refractivity (Wildman–Crippen MR) is 39.7 cm³/mol. The van der Waals surface area contributed by atoms with Crippen molar-refractivity contribution in [2.45, 2.75) is 19.9 Å². The van der Waals surface area contributed by atoms with Crippen LogP contribution in [0.1, 0.15) is 13.8 Å². The first-order valence-electron chi connectivity index (χ1n) is 3.15. The number of nitrogens with zero attached hydrogens (tertiary/aromatic N) is 1. The number of hydrogen-bond donors (Lipinski definition) is 0. The second-order valence-electron chi connectivity index (χ2n) is 2.44. The van der Waals surface area contributed by atoms with Gasteiger partial charge in [-0.3, -0.25) is 0 Å². The van der Waals surface area contributed by atoms with Crippen LogP contribution in [-0.2, 0) is 0 Å². The predicted octanol–water partition coefficient (Wildman–Crippen LogP) is -1.43. The van der Waals surface area contributed by atoms with Gasteiger partial charge in [-0.2, -0.15) is 0 Å². The van der Waals surface area contributed by atoms with E-state index in [0.717, 1.165) is 0 Å². The zero-order valence-electron chi connectivity index (χ0n) is 6.34. The Kier molecular flexibility index (Phi) is 3.37. The highest BCUT2D eigenvalue weighted by Crippen LogP contribution is 2.08. The average molecular weight is 158 g/mol. The van der Waals surface area contributed by atoms with Crippen LogP contribution < -0.4 is 12.4 Å². The van der Waals surface area contributed by atoms with E-state index in [-0.39, 0.29) is 12.4 Å². The molecule has 0 saturated heterocycles. The van der Waals surface area contributed by atoms with E-state index in [0.29, 0.717) is 6.04 Å². The molecule has 2 heteroatoms. The van der Waals surface area contributed by atoms with Crippen LogP contribution in [0.25, 0.3) is 0 Å². The van der Waals surface area contributed by atoms with E-state index >= 15 is 0 Å². The second kappa shape index (κ2) is 3.57. The van der Waals surface area contributed by atoms with Gasteiger partial charge in [0, 0.05) is 13.0 Å². The van der Waals surface area contributed by atoms with Gasteiger partial charge >= 0.3 is 0 Å². The van der Waals surface area contributed by atoms with Gasteiger partial charge in [-0.05, 0) is 12.5 Å². The molecule has 0 aromatic heterocycles. The van der Waals surface area contributed by atoms with Crippen LogP contribution in [0.2, 0.25) is 0 Å². The van der Waals surface area contributed by atoms with Crippen molar-refractivity contribution in [3.05, 3.63) is 23.9 Å². The third-order valence-electron chi connectivity index (χ3n) is 1.79. The molecule has 0 aromatic rings. The van der Waals surface area contributed by atoms with Gasteiger partial charge in [0.2, 0.25) is 0 Å². The van der Waals surface area contributed by atoms with Crippen LogP contribution in [0.3, 0.4) is 0 Å². The maximum atomic E-state index is 3.83. The molecule has 1 nitrogen and oxygen atoms in total. The molecule has 0 spiro atoms. The lowest BCUT2D eigenvalue weighted by Gasteiger charge is -2.09. The molecule has 1 aliphatic rings. The minimum Gasteiger partial charge on any atom is -1.00 e. The Balaban J connectivity index is 0.000000810. The maximum absolute atomic E-state index is 3.83. The van der Waals surface area contributed by atoms with Gasteiger partial charge in [-0.1, -0.05) is 6.08 Å². The third-order valence-corrected chi connectivity index (χ3v) is 1.79. The average Bonchev–Trinajstić information content (AvgIpc) is 1.83. The summed E-state index contributed by atoms with van der Waals surface area (Å²) in [5.74, 6) is 0. The first-order valence-corrected chi connectivity index (χ1v) is 3.15. The van der Waals surface area contributed by atoms with Gasteiger partial charge in [-0.15, -0.1) is 0 Å². The molecule has 0 saturated carbocycles. The van der Waals surface area contributed by atoms with Crippen LogP contribution >= 0.6 is 0 Å². The smallest absolute Gasteiger partial charge is 0.176 e. The van der Waals surface area contributed by atoms with Crippen LogP contribution in [0.4, 0.5) is 0 Å². The molecule has 0 aromatic carbocycles. The largest absolute Gasteiger partial charge is 1.00 e. The van der Waals surface area contributed by atoms with Crippen molar-refractivity contribution in [1.29, 1.82) is 0 Å². The highest BCUT2D eigenvalue weighted by atomic mass is 35.5. The maximum Gasteiger partial charge on any atom is 0.176 e. The highest BCUT2D eigenvalue weighted by molar-refractivity contribution is 5.22. The first kappa shape index (κ1) is 9.44. The van der Waals surface area contributed by atoms with Crippen molar-refractivity contribution in [3.8, 4) is 0 Å². The molecule has 0 N–H and O–H groups in total. The molecule has 1 unspecified atom stereocenters. The monoisotopic (exact) mass is 157 g/mol. The van der Waals surface area contributed by atoms with Gasteiger partial charge in [0.1, 0.15) is 6.72 Å². The summed E-state index contributed by atoms with van der Waals surface area (Å²) >= 11 is 0. The summed E-state index contributed by atoms with van der Waals surface area (Å²) in [6, 6.07) is 0.468. The van der Waals surface area contributed by atoms with Crippen LogP contribution in [0.5, 0.6) is 0 Å². The molecule has 0 bridgehead atoms. The van der Waals surface area contributed by atoms with E-state index in [2.05, 4.69) is 26.6 Å². The summed E-state index contributed by atoms with van der Waals surface area (Å²) in [7, 11) is 0. The number of halogens is 1. The number of allylic oxidation sites excluding steroid dienone is 2. The molecule has 1 aliphatic heterocycles. The van der Waals surface area contributed by atoms with Crippen molar-refractivity contribution in [1.82, 2.24) is 0 Å². The van der Waals surface area contributed by atoms with Crippen molar-refractivity contribution >= 4 is 6.72 Å². The van der Waals surface area contributed by atoms with E-state index in [4.69, 9.17) is 0 Å². The molecule has 0 aliphatic carbocycles. The topological polar surface area (TPSA) is 3.01 Å². The SMILES string of the molecule is C=[N+]1C=CC=C(C)C1C.[Cl-]. The molecule has 1 atom stereocenters. The van der Waals surface area contributed by atoms with Crippen molar-refractivity contribution in [2.75, 3.05) is 0 Å². The molecule has 1 rings (SSSR count). The zero-order valence-corrected chi connectivity index (χ0v) is 7.10. The van der Waals surface area contributed by atoms with Crippen molar-refractivity contribution < 1.29 is 17.0 Å². The lowest BCUT2D eigenvalue weighted by atomic mass is 10.1. The van der Waals surface area contributed by atoms with E-state index in [9.17, 15) is 0 Å². The lowest BCUT2D eigenvalue weighted by molar-refractivity contribution is -0.478. The van der Waals surface area contributed by atoms with E-state index in [1.54, 1.807) is 0 Å². The van der Waals surface area contributed by atoms with Gasteiger partial charge in [0.05, 0.1) is 0 Å². The van der Waals surface area contributed by atoms with E-state index in [1.165, 1.54) is 5.57 Å². The molecule has 56 valence electrons. The Bertz CT molecular complexity index is 191. The lowest BCUT2D eigenvalue weighted by Crippen LogP contribution is -3.00. The Morgan fingerprint density at radius 3 is 2.60 bits per heavy atom. The number of hydrogen-bond acceptors (Lipinski definition) is 0. The Morgan fingerprint density at radius 1 is 1.60 bits per heavy atom. The van der Waals surface area contributed by atoms with E-state index in [1.807, 2.05) is 16.9 Å². The molecule has 10 heavy (non-hydrogen) atoms. The fraction of sp³-hybridized carbons (Fsp3) is 0.375. The van der Waals surface area contributed by atoms with Gasteiger partial charge in [-0.25, -0.2) is 4.58 Å². The minimum absolute atomic E-state index is 0. The Morgan fingerprint density at radius 2 is 2.20 bits per heavy atom. The van der Waals surface area contributed by atoms with Crippen LogP contribution in [-0.4, -0.2) is 17.3 Å². The molecule has 1 heterocycles. The van der Waals surface area contributed by atoms with Crippen LogP contribution in [0.15, 0.2) is 23.9 Å². The molecule has 0 fully saturated rings. The Labute approximate surface area is 68.2 Å². The van der Waals surface area contributed by atoms with Gasteiger partial charge in [0.15, 0.2) is 12.2 Å². The fourth-order valence-electron chi connectivity index (χ4n) is 0.835. The van der Waals surface area contributed by atoms with E-state index < -0.39 is 0 Å². The van der Waals surface area contributed by atoms with Crippen molar-refractivity contribution in [3.63, 3.8) is 0 Å². The Hall–Kier alpha value is -0.560. The molecular weight excluding hydrogens is 146 g/mol. The quantitative estimate of drug-likeness (QED) is 0.380. The summed E-state index contributed by atoms with van der Waals surface area (Å²) in [6.45, 7) is 8.09. The highest BCUT2D eigenvalue weighted by Gasteiger charge is 2.14. The minimum atomic E-state index is 0. The first-order chi connectivity index (χ1) is 4.22. The van der Waals surface area contributed by atoms with Gasteiger partial charge in [0.25, 0.3) is 0 Å². The summed E-state index contributed by atoms with van der Waals surface area (Å²) in [6.07, 6.45) is 6.12. The summed E-state index contributed by atoms with van der Waals surface area (Å²) in [5, 5.41) is 0. The van der Waals surface area contributed by atoms with Crippen molar-refractivity contribution in [2.24, 2.45) is 0 Å². The third kappa shape index (κ3) is 1.71. The van der Waals surface area contributed by atoms with Gasteiger partial charge < -0.3 is 12.4 Å².